The fraction of sp³-hybridized carbons (Fsp3) is 0.333. The number of anilines is 1. The highest BCUT2D eigenvalue weighted by Crippen LogP contribution is 2.30. The molecule has 19 heavy (non-hydrogen) atoms. The topological polar surface area (TPSA) is 90.6 Å². The van der Waals surface area contributed by atoms with Crippen LogP contribution < -0.4 is 15.8 Å². The Kier molecular flexibility index (Phi) is 4.61. The van der Waals surface area contributed by atoms with Crippen molar-refractivity contribution in [2.45, 2.75) is 26.4 Å². The van der Waals surface area contributed by atoms with E-state index in [0.717, 1.165) is 0 Å². The number of hydrogen-bond acceptors (Lipinski definition) is 5. The minimum atomic E-state index is -1.02. The Morgan fingerprint density at radius 1 is 1.26 bits per heavy atom. The maximum absolute atomic E-state index is 11.5. The van der Waals surface area contributed by atoms with Gasteiger partial charge >= 0.3 is 12.2 Å². The van der Waals surface area contributed by atoms with Crippen LogP contribution in [-0.2, 0) is 4.74 Å². The summed E-state index contributed by atoms with van der Waals surface area (Å²) in [6.45, 7) is 5.01. The number of benzene rings is 1. The molecule has 0 fully saturated rings. The summed E-state index contributed by atoms with van der Waals surface area (Å²) in [6, 6.07) is 4.63. The number of nitrogen functional groups attached to an aromatic ring is 1. The summed E-state index contributed by atoms with van der Waals surface area (Å²) < 4.78 is 9.74. The number of halogens is 1. The number of para-hydroxylation sites is 1. The molecule has 7 heteroatoms. The highest BCUT2D eigenvalue weighted by molar-refractivity contribution is 6.32. The first-order valence-corrected chi connectivity index (χ1v) is 5.82. The molecule has 1 aromatic rings. The summed E-state index contributed by atoms with van der Waals surface area (Å²) in [5.74, 6) is -0.00905. The van der Waals surface area contributed by atoms with Crippen LogP contribution in [0.25, 0.3) is 0 Å². The Balaban J connectivity index is 2.64. The van der Waals surface area contributed by atoms with Gasteiger partial charge in [0.05, 0.1) is 10.7 Å². The molecule has 0 saturated carbocycles. The Bertz CT molecular complexity index is 477. The fourth-order valence-electron chi connectivity index (χ4n) is 1.14. The summed E-state index contributed by atoms with van der Waals surface area (Å²) >= 11 is 5.82. The van der Waals surface area contributed by atoms with Crippen molar-refractivity contribution in [1.82, 2.24) is 5.32 Å². The summed E-state index contributed by atoms with van der Waals surface area (Å²) in [5.41, 5.74) is 5.07. The monoisotopic (exact) mass is 286 g/mol. The van der Waals surface area contributed by atoms with E-state index in [4.69, 9.17) is 26.8 Å². The molecule has 0 radical (unpaired) electrons. The van der Waals surface area contributed by atoms with Gasteiger partial charge < -0.3 is 15.2 Å². The van der Waals surface area contributed by atoms with Crippen molar-refractivity contribution in [3.8, 4) is 5.75 Å². The molecule has 2 amide bonds. The zero-order chi connectivity index (χ0) is 14.6. The first-order valence-electron chi connectivity index (χ1n) is 5.45. The number of carbonyl (C=O) groups is 2. The van der Waals surface area contributed by atoms with E-state index in [0.29, 0.717) is 0 Å². The standard InChI is InChI=1S/C12H15ClN2O4/c1-12(2,3)19-11(17)15-10(16)18-9-7(13)5-4-6-8(9)14/h4-6H,14H2,1-3H3,(H,15,16,17). The predicted octanol–water partition coefficient (Wildman–Crippen LogP) is 2.95. The molecule has 0 aliphatic heterocycles. The summed E-state index contributed by atoms with van der Waals surface area (Å²) in [4.78, 5) is 22.8. The van der Waals surface area contributed by atoms with Gasteiger partial charge in [0, 0.05) is 0 Å². The Hall–Kier alpha value is -1.95. The third-order valence-corrected chi connectivity index (χ3v) is 2.09. The van der Waals surface area contributed by atoms with E-state index in [1.165, 1.54) is 12.1 Å². The summed E-state index contributed by atoms with van der Waals surface area (Å²) in [7, 11) is 0. The van der Waals surface area contributed by atoms with E-state index in [1.54, 1.807) is 26.8 Å². The second-order valence-electron chi connectivity index (χ2n) is 4.67. The van der Waals surface area contributed by atoms with Gasteiger partial charge in [-0.3, -0.25) is 0 Å². The average Bonchev–Trinajstić information content (AvgIpc) is 2.20. The number of amides is 2. The zero-order valence-electron chi connectivity index (χ0n) is 10.8. The number of nitrogens with one attached hydrogen (secondary N) is 1. The lowest BCUT2D eigenvalue weighted by molar-refractivity contribution is 0.0533. The molecule has 0 aliphatic rings. The molecule has 0 unspecified atom stereocenters. The molecule has 0 heterocycles. The summed E-state index contributed by atoms with van der Waals surface area (Å²) in [5, 5.41) is 2.07. The van der Waals surface area contributed by atoms with Gasteiger partial charge in [0.25, 0.3) is 0 Å². The van der Waals surface area contributed by atoms with Gasteiger partial charge in [-0.15, -0.1) is 0 Å². The molecule has 0 atom stereocenters. The lowest BCUT2D eigenvalue weighted by Gasteiger charge is -2.19. The highest BCUT2D eigenvalue weighted by Gasteiger charge is 2.20. The Morgan fingerprint density at radius 3 is 2.42 bits per heavy atom. The van der Waals surface area contributed by atoms with Gasteiger partial charge in [0.15, 0.2) is 5.75 Å². The van der Waals surface area contributed by atoms with Gasteiger partial charge in [-0.1, -0.05) is 17.7 Å². The lowest BCUT2D eigenvalue weighted by Crippen LogP contribution is -2.38. The molecule has 6 nitrogen and oxygen atoms in total. The lowest BCUT2D eigenvalue weighted by atomic mass is 10.2. The largest absolute Gasteiger partial charge is 0.443 e. The highest BCUT2D eigenvalue weighted by atomic mass is 35.5. The number of imide groups is 1. The van der Waals surface area contributed by atoms with Crippen LogP contribution >= 0.6 is 11.6 Å². The molecule has 1 aromatic carbocycles. The van der Waals surface area contributed by atoms with Crippen LogP contribution in [0.4, 0.5) is 15.3 Å². The molecule has 104 valence electrons. The summed E-state index contributed by atoms with van der Waals surface area (Å²) in [6.07, 6.45) is -1.93. The first kappa shape index (κ1) is 15.1. The number of nitrogens with two attached hydrogens (primary N) is 1. The van der Waals surface area contributed by atoms with Crippen molar-refractivity contribution in [1.29, 1.82) is 0 Å². The Morgan fingerprint density at radius 2 is 1.89 bits per heavy atom. The van der Waals surface area contributed by atoms with Crippen molar-refractivity contribution in [3.63, 3.8) is 0 Å². The van der Waals surface area contributed by atoms with E-state index in [9.17, 15) is 9.59 Å². The quantitative estimate of drug-likeness (QED) is 0.775. The van der Waals surface area contributed by atoms with Gasteiger partial charge in [0.2, 0.25) is 0 Å². The molecular weight excluding hydrogens is 272 g/mol. The van der Waals surface area contributed by atoms with Crippen molar-refractivity contribution in [2.24, 2.45) is 0 Å². The van der Waals surface area contributed by atoms with Crippen LogP contribution in [0.5, 0.6) is 5.75 Å². The van der Waals surface area contributed by atoms with E-state index in [1.807, 2.05) is 5.32 Å². The zero-order valence-corrected chi connectivity index (χ0v) is 11.6. The molecule has 3 N–H and O–H groups in total. The van der Waals surface area contributed by atoms with E-state index < -0.39 is 17.8 Å². The number of ether oxygens (including phenoxy) is 2. The SMILES string of the molecule is CC(C)(C)OC(=O)NC(=O)Oc1c(N)cccc1Cl. The number of carbonyl (C=O) groups excluding carboxylic acids is 2. The molecule has 0 saturated heterocycles. The molecule has 0 aromatic heterocycles. The van der Waals surface area contributed by atoms with Gasteiger partial charge in [0.1, 0.15) is 5.60 Å². The third kappa shape index (κ3) is 5.05. The minimum absolute atomic E-state index is 0.00905. The maximum atomic E-state index is 11.5. The van der Waals surface area contributed by atoms with Gasteiger partial charge in [-0.25, -0.2) is 14.9 Å². The average molecular weight is 287 g/mol. The van der Waals surface area contributed by atoms with Crippen LogP contribution in [0.2, 0.25) is 5.02 Å². The molecular formula is C12H15ClN2O4. The molecule has 0 spiro atoms. The van der Waals surface area contributed by atoms with Crippen LogP contribution in [-0.4, -0.2) is 17.8 Å². The smallest absolute Gasteiger partial charge is 0.422 e. The number of alkyl carbamates (subject to hydrolysis) is 1. The fourth-order valence-corrected chi connectivity index (χ4v) is 1.36. The van der Waals surface area contributed by atoms with E-state index in [-0.39, 0.29) is 16.5 Å². The van der Waals surface area contributed by atoms with Gasteiger partial charge in [-0.2, -0.15) is 0 Å². The predicted molar refractivity (Wildman–Crippen MR) is 71.3 cm³/mol. The van der Waals surface area contributed by atoms with Crippen LogP contribution in [0.3, 0.4) is 0 Å². The van der Waals surface area contributed by atoms with Crippen molar-refractivity contribution in [3.05, 3.63) is 23.2 Å². The molecule has 0 bridgehead atoms. The molecule has 0 aliphatic carbocycles. The van der Waals surface area contributed by atoms with Crippen molar-refractivity contribution in [2.75, 3.05) is 5.73 Å². The van der Waals surface area contributed by atoms with Crippen LogP contribution in [0.15, 0.2) is 18.2 Å². The first-order chi connectivity index (χ1) is 8.69. The van der Waals surface area contributed by atoms with Crippen LogP contribution in [0, 0.1) is 0 Å². The normalized spacial score (nSPS) is 10.7. The van der Waals surface area contributed by atoms with Crippen molar-refractivity contribution >= 4 is 29.5 Å². The van der Waals surface area contributed by atoms with Gasteiger partial charge in [-0.05, 0) is 32.9 Å². The Labute approximate surface area is 115 Å². The van der Waals surface area contributed by atoms with Crippen LogP contribution in [0.1, 0.15) is 20.8 Å². The minimum Gasteiger partial charge on any atom is -0.443 e. The van der Waals surface area contributed by atoms with E-state index in [2.05, 4.69) is 0 Å². The second kappa shape index (κ2) is 5.79. The number of rotatable bonds is 1. The second-order valence-corrected chi connectivity index (χ2v) is 5.08. The van der Waals surface area contributed by atoms with E-state index >= 15 is 0 Å². The number of hydrogen-bond donors (Lipinski definition) is 2. The molecule has 1 rings (SSSR count). The maximum Gasteiger partial charge on any atom is 0.422 e. The van der Waals surface area contributed by atoms with Crippen molar-refractivity contribution < 1.29 is 19.1 Å². The third-order valence-electron chi connectivity index (χ3n) is 1.80.